The van der Waals surface area contributed by atoms with Gasteiger partial charge in [-0.15, -0.1) is 0 Å². The Labute approximate surface area is 228 Å². The van der Waals surface area contributed by atoms with E-state index in [2.05, 4.69) is 5.32 Å². The van der Waals surface area contributed by atoms with Gasteiger partial charge in [0.25, 0.3) is 5.91 Å². The van der Waals surface area contributed by atoms with E-state index in [4.69, 9.17) is 14.6 Å². The summed E-state index contributed by atoms with van der Waals surface area (Å²) in [5.41, 5.74) is 3.12. The molecule has 0 unspecified atom stereocenters. The molecule has 0 saturated heterocycles. The van der Waals surface area contributed by atoms with Gasteiger partial charge in [0.2, 0.25) is 0 Å². The number of methoxy groups -OCH3 is 2. The summed E-state index contributed by atoms with van der Waals surface area (Å²) in [5, 5.41) is 18.4. The molecule has 4 bridgehead atoms. The fraction of sp³-hybridized carbons (Fsp3) is 0.452. The number of aliphatic carboxylic acids is 1. The Kier molecular flexibility index (Phi) is 6.16. The van der Waals surface area contributed by atoms with Crippen molar-refractivity contribution in [2.75, 3.05) is 14.2 Å². The Morgan fingerprint density at radius 3 is 2.10 bits per heavy atom. The number of aryl methyl sites for hydroxylation is 1. The van der Waals surface area contributed by atoms with E-state index in [0.717, 1.165) is 42.5 Å². The number of carboxylic acids is 1. The minimum absolute atomic E-state index is 0.0508. The second kappa shape index (κ2) is 9.43. The topological polar surface area (TPSA) is 103 Å². The van der Waals surface area contributed by atoms with E-state index >= 15 is 0 Å². The summed E-state index contributed by atoms with van der Waals surface area (Å²) in [4.78, 5) is 26.8. The van der Waals surface area contributed by atoms with E-state index < -0.39 is 17.4 Å². The van der Waals surface area contributed by atoms with E-state index in [1.54, 1.807) is 25.0 Å². The predicted molar refractivity (Wildman–Crippen MR) is 146 cm³/mol. The maximum atomic E-state index is 13.9. The first-order chi connectivity index (χ1) is 18.8. The Bertz CT molecular complexity index is 1410. The van der Waals surface area contributed by atoms with E-state index in [1.165, 1.54) is 6.42 Å². The van der Waals surface area contributed by atoms with Gasteiger partial charge in [0, 0.05) is 0 Å². The summed E-state index contributed by atoms with van der Waals surface area (Å²) in [5.74, 6) is 0.811. The smallest absolute Gasteiger partial charge is 0.330 e. The molecule has 2 N–H and O–H groups in total. The molecule has 4 saturated carbocycles. The lowest BCUT2D eigenvalue weighted by Gasteiger charge is -2.59. The van der Waals surface area contributed by atoms with Crippen LogP contribution in [0.2, 0.25) is 0 Å². The van der Waals surface area contributed by atoms with Gasteiger partial charge in [0.05, 0.1) is 31.2 Å². The standard InChI is InChI=1S/C31H35N3O5/c1-17-7-5-8-24(18(17)2)34-25(28-26(38-3)9-6-10-27(28)39-4)16-23(33-34)29(35)32-31(30(36)37)21-12-19-11-20(14-21)15-22(31)13-19/h5-10,16,19-22H,11-15H2,1-4H3,(H,32,35)(H,36,37). The van der Waals surface area contributed by atoms with Crippen molar-refractivity contribution < 1.29 is 24.2 Å². The quantitative estimate of drug-likeness (QED) is 0.437. The van der Waals surface area contributed by atoms with Crippen LogP contribution in [0, 0.1) is 37.5 Å². The summed E-state index contributed by atoms with van der Waals surface area (Å²) in [6.45, 7) is 4.05. The van der Waals surface area contributed by atoms with Crippen LogP contribution in [0.15, 0.2) is 42.5 Å². The molecule has 1 heterocycles. The van der Waals surface area contributed by atoms with Gasteiger partial charge in [0.1, 0.15) is 17.0 Å². The van der Waals surface area contributed by atoms with Gasteiger partial charge in [-0.3, -0.25) is 4.79 Å². The van der Waals surface area contributed by atoms with Gasteiger partial charge in [0.15, 0.2) is 5.69 Å². The Morgan fingerprint density at radius 2 is 1.54 bits per heavy atom. The van der Waals surface area contributed by atoms with E-state index in [-0.39, 0.29) is 17.5 Å². The number of hydrogen-bond acceptors (Lipinski definition) is 5. The van der Waals surface area contributed by atoms with E-state index in [1.807, 2.05) is 50.2 Å². The summed E-state index contributed by atoms with van der Waals surface area (Å²) < 4.78 is 13.1. The summed E-state index contributed by atoms with van der Waals surface area (Å²) in [7, 11) is 3.18. The van der Waals surface area contributed by atoms with Crippen LogP contribution in [-0.4, -0.2) is 46.5 Å². The number of carbonyl (C=O) groups is 2. The SMILES string of the molecule is COc1cccc(OC)c1-c1cc(C(=O)NC2(C(=O)O)C3CC4CC(C3)CC2C4)nn1-c1cccc(C)c1C. The first kappa shape index (κ1) is 25.5. The van der Waals surface area contributed by atoms with Gasteiger partial charge in [-0.1, -0.05) is 18.2 Å². The van der Waals surface area contributed by atoms with Gasteiger partial charge in [-0.2, -0.15) is 5.10 Å². The number of carbonyl (C=O) groups excluding carboxylic acids is 1. The van der Waals surface area contributed by atoms with Crippen molar-refractivity contribution in [1.82, 2.24) is 15.1 Å². The molecule has 3 aromatic rings. The molecule has 39 heavy (non-hydrogen) atoms. The van der Waals surface area contributed by atoms with E-state index in [0.29, 0.717) is 34.6 Å². The molecule has 4 aliphatic carbocycles. The van der Waals surface area contributed by atoms with Crippen LogP contribution in [0.3, 0.4) is 0 Å². The van der Waals surface area contributed by atoms with Crippen LogP contribution in [0.5, 0.6) is 11.5 Å². The fourth-order valence-corrected chi connectivity index (χ4v) is 7.71. The zero-order chi connectivity index (χ0) is 27.5. The minimum Gasteiger partial charge on any atom is -0.496 e. The Morgan fingerprint density at radius 1 is 0.949 bits per heavy atom. The molecule has 8 nitrogen and oxygen atoms in total. The van der Waals surface area contributed by atoms with Gasteiger partial charge in [-0.05, 0) is 105 Å². The molecule has 0 spiro atoms. The first-order valence-corrected chi connectivity index (χ1v) is 13.7. The third-order valence-corrected chi connectivity index (χ3v) is 9.53. The average Bonchev–Trinajstić information content (AvgIpc) is 3.36. The van der Waals surface area contributed by atoms with Crippen molar-refractivity contribution in [3.63, 3.8) is 0 Å². The lowest BCUT2D eigenvalue weighted by molar-refractivity contribution is -0.163. The molecule has 4 aliphatic rings. The molecule has 4 fully saturated rings. The molecular formula is C31H35N3O5. The van der Waals surface area contributed by atoms with Crippen LogP contribution >= 0.6 is 0 Å². The molecule has 0 radical (unpaired) electrons. The lowest BCUT2D eigenvalue weighted by Crippen LogP contribution is -2.70. The lowest BCUT2D eigenvalue weighted by atomic mass is 9.48. The number of benzene rings is 2. The minimum atomic E-state index is -1.25. The van der Waals surface area contributed by atoms with Crippen LogP contribution < -0.4 is 14.8 Å². The van der Waals surface area contributed by atoms with Crippen LogP contribution in [0.4, 0.5) is 0 Å². The number of rotatable bonds is 7. The summed E-state index contributed by atoms with van der Waals surface area (Å²) in [6, 6.07) is 13.2. The van der Waals surface area contributed by atoms with Crippen LogP contribution in [0.25, 0.3) is 16.9 Å². The number of hydrogen-bond donors (Lipinski definition) is 2. The fourth-order valence-electron chi connectivity index (χ4n) is 7.71. The third-order valence-electron chi connectivity index (χ3n) is 9.53. The maximum absolute atomic E-state index is 13.9. The molecule has 8 heteroatoms. The van der Waals surface area contributed by atoms with E-state index in [9.17, 15) is 14.7 Å². The van der Waals surface area contributed by atoms with Crippen molar-refractivity contribution in [2.45, 2.75) is 51.5 Å². The number of nitrogens with one attached hydrogen (secondary N) is 1. The Hall–Kier alpha value is -3.81. The van der Waals surface area contributed by atoms with Crippen molar-refractivity contribution in [2.24, 2.45) is 23.7 Å². The molecule has 0 aliphatic heterocycles. The Balaban J connectivity index is 1.47. The van der Waals surface area contributed by atoms with Crippen molar-refractivity contribution in [3.8, 4) is 28.4 Å². The molecule has 7 rings (SSSR count). The number of nitrogens with zero attached hydrogens (tertiary/aromatic N) is 2. The number of amides is 1. The second-order valence-corrected chi connectivity index (χ2v) is 11.5. The molecule has 2 aromatic carbocycles. The van der Waals surface area contributed by atoms with Crippen LogP contribution in [0.1, 0.15) is 53.7 Å². The highest BCUT2D eigenvalue weighted by Crippen LogP contribution is 2.58. The highest BCUT2D eigenvalue weighted by molar-refractivity contribution is 5.98. The van der Waals surface area contributed by atoms with Crippen LogP contribution in [-0.2, 0) is 4.79 Å². The average molecular weight is 530 g/mol. The molecular weight excluding hydrogens is 494 g/mol. The highest BCUT2D eigenvalue weighted by atomic mass is 16.5. The monoisotopic (exact) mass is 529 g/mol. The summed E-state index contributed by atoms with van der Waals surface area (Å²) >= 11 is 0. The normalized spacial score (nSPS) is 26.9. The van der Waals surface area contributed by atoms with Crippen molar-refractivity contribution in [3.05, 3.63) is 59.3 Å². The number of aromatic nitrogens is 2. The highest BCUT2D eigenvalue weighted by Gasteiger charge is 2.62. The zero-order valence-electron chi connectivity index (χ0n) is 22.9. The van der Waals surface area contributed by atoms with Crippen molar-refractivity contribution in [1.29, 1.82) is 0 Å². The largest absolute Gasteiger partial charge is 0.496 e. The van der Waals surface area contributed by atoms with Gasteiger partial charge in [-0.25, -0.2) is 9.48 Å². The summed E-state index contributed by atoms with van der Waals surface area (Å²) in [6.07, 6.45) is 4.64. The zero-order valence-corrected chi connectivity index (χ0v) is 22.9. The predicted octanol–water partition coefficient (Wildman–Crippen LogP) is 5.18. The molecule has 1 amide bonds. The van der Waals surface area contributed by atoms with Gasteiger partial charge >= 0.3 is 5.97 Å². The molecule has 0 atom stereocenters. The molecule has 1 aromatic heterocycles. The maximum Gasteiger partial charge on any atom is 0.330 e. The van der Waals surface area contributed by atoms with Gasteiger partial charge < -0.3 is 19.9 Å². The number of carboxylic acid groups (broad SMARTS) is 1. The third kappa shape index (κ3) is 3.91. The first-order valence-electron chi connectivity index (χ1n) is 13.7. The molecule has 204 valence electrons. The van der Waals surface area contributed by atoms with Crippen molar-refractivity contribution >= 4 is 11.9 Å². The second-order valence-electron chi connectivity index (χ2n) is 11.5. The number of ether oxygens (including phenoxy) is 2.